The van der Waals surface area contributed by atoms with Gasteiger partial charge in [-0.1, -0.05) is 109 Å². The smallest absolute Gasteiger partial charge is 0.135 e. The van der Waals surface area contributed by atoms with E-state index in [1.807, 2.05) is 28.7 Å². The van der Waals surface area contributed by atoms with Gasteiger partial charge in [0.15, 0.2) is 0 Å². The van der Waals surface area contributed by atoms with Gasteiger partial charge in [-0.2, -0.15) is 0 Å². The van der Waals surface area contributed by atoms with Crippen LogP contribution in [-0.2, 0) is 0 Å². The molecule has 2 atom stereocenters. The number of fused-ring (bicyclic) bond motifs is 9. The topological polar surface area (TPSA) is 49.6 Å². The summed E-state index contributed by atoms with van der Waals surface area (Å²) in [5.74, 6) is 0.865. The van der Waals surface area contributed by atoms with Crippen molar-refractivity contribution in [1.29, 1.82) is 0 Å². The first-order valence-electron chi connectivity index (χ1n) is 17.2. The number of aliphatic imine (C=N–C) groups is 1. The van der Waals surface area contributed by atoms with Gasteiger partial charge in [0.1, 0.15) is 29.3 Å². The van der Waals surface area contributed by atoms with Crippen LogP contribution in [0.5, 0.6) is 0 Å². The van der Waals surface area contributed by atoms with Gasteiger partial charge in [0, 0.05) is 56.7 Å². The lowest BCUT2D eigenvalue weighted by atomic mass is 10.00. The van der Waals surface area contributed by atoms with Crippen molar-refractivity contribution in [3.8, 4) is 11.1 Å². The molecule has 2 N–H and O–H groups in total. The Morgan fingerprint density at radius 3 is 2.12 bits per heavy atom. The third-order valence-corrected chi connectivity index (χ3v) is 12.5. The zero-order chi connectivity index (χ0) is 33.5. The molecule has 0 spiro atoms. The Morgan fingerprint density at radius 2 is 1.24 bits per heavy atom. The van der Waals surface area contributed by atoms with Crippen molar-refractivity contribution >= 4 is 90.8 Å². The van der Waals surface area contributed by atoms with Gasteiger partial charge in [-0.3, -0.25) is 5.32 Å². The van der Waals surface area contributed by atoms with Gasteiger partial charge in [0.2, 0.25) is 0 Å². The summed E-state index contributed by atoms with van der Waals surface area (Å²) in [5, 5.41) is 14.9. The minimum absolute atomic E-state index is 0.184. The Kier molecular flexibility index (Phi) is 6.46. The molecular weight excluding hydrogens is 663 g/mol. The van der Waals surface area contributed by atoms with E-state index in [-0.39, 0.29) is 12.3 Å². The molecule has 242 valence electrons. The molecule has 4 nitrogen and oxygen atoms in total. The maximum absolute atomic E-state index is 6.53. The molecule has 6 heteroatoms. The number of thiophene rings is 2. The first kappa shape index (κ1) is 29.0. The van der Waals surface area contributed by atoms with Crippen LogP contribution < -0.4 is 10.6 Å². The maximum atomic E-state index is 6.53. The van der Waals surface area contributed by atoms with E-state index in [0.717, 1.165) is 44.5 Å². The van der Waals surface area contributed by atoms with Crippen LogP contribution in [0.2, 0.25) is 0 Å². The molecule has 1 aliphatic rings. The van der Waals surface area contributed by atoms with Crippen molar-refractivity contribution in [2.24, 2.45) is 4.99 Å². The van der Waals surface area contributed by atoms with Gasteiger partial charge in [-0.05, 0) is 64.7 Å². The molecule has 0 fully saturated rings. The highest BCUT2D eigenvalue weighted by atomic mass is 32.1. The van der Waals surface area contributed by atoms with Gasteiger partial charge in [-0.15, -0.1) is 22.7 Å². The molecule has 0 saturated heterocycles. The maximum Gasteiger partial charge on any atom is 0.135 e. The molecule has 51 heavy (non-hydrogen) atoms. The zero-order valence-electron chi connectivity index (χ0n) is 27.3. The van der Waals surface area contributed by atoms with E-state index < -0.39 is 0 Å². The Balaban J connectivity index is 0.987. The molecule has 7 aromatic carbocycles. The molecular formula is C45H29N3OS2. The molecule has 2 unspecified atom stereocenters. The predicted octanol–water partition coefficient (Wildman–Crippen LogP) is 12.3. The van der Waals surface area contributed by atoms with E-state index in [2.05, 4.69) is 156 Å². The first-order chi connectivity index (χ1) is 25.2. The molecule has 11 rings (SSSR count). The van der Waals surface area contributed by atoms with Crippen LogP contribution in [0.1, 0.15) is 29.0 Å². The normalized spacial score (nSPS) is 16.4. The Morgan fingerprint density at radius 1 is 0.490 bits per heavy atom. The molecule has 0 amide bonds. The quantitative estimate of drug-likeness (QED) is 0.193. The van der Waals surface area contributed by atoms with Crippen LogP contribution in [0, 0.1) is 0 Å². The third-order valence-electron chi connectivity index (χ3n) is 10.2. The van der Waals surface area contributed by atoms with E-state index in [1.165, 1.54) is 51.5 Å². The van der Waals surface area contributed by atoms with Crippen molar-refractivity contribution in [2.75, 3.05) is 0 Å². The van der Waals surface area contributed by atoms with Crippen LogP contribution in [-0.4, -0.2) is 5.84 Å². The highest BCUT2D eigenvalue weighted by molar-refractivity contribution is 7.26. The van der Waals surface area contributed by atoms with Crippen molar-refractivity contribution in [2.45, 2.75) is 12.3 Å². The molecule has 4 heterocycles. The number of benzene rings is 7. The summed E-state index contributed by atoms with van der Waals surface area (Å²) in [6, 6.07) is 54.3. The fourth-order valence-electron chi connectivity index (χ4n) is 7.67. The van der Waals surface area contributed by atoms with Crippen LogP contribution in [0.3, 0.4) is 0 Å². The second-order valence-corrected chi connectivity index (χ2v) is 15.3. The second kappa shape index (κ2) is 11.4. The summed E-state index contributed by atoms with van der Waals surface area (Å²) in [4.78, 5) is 5.22. The number of nitrogens with one attached hydrogen (secondary N) is 2. The molecule has 0 saturated carbocycles. The summed E-state index contributed by atoms with van der Waals surface area (Å²) in [5.41, 5.74) is 7.49. The highest BCUT2D eigenvalue weighted by Gasteiger charge is 2.26. The fraction of sp³-hybridized carbons (Fsp3) is 0.0444. The number of rotatable bonds is 4. The Bertz CT molecular complexity index is 3010. The fourth-order valence-corrected chi connectivity index (χ4v) is 10.00. The monoisotopic (exact) mass is 691 g/mol. The lowest BCUT2D eigenvalue weighted by Crippen LogP contribution is -2.44. The average molecular weight is 692 g/mol. The van der Waals surface area contributed by atoms with Crippen molar-refractivity contribution < 1.29 is 4.42 Å². The first-order valence-corrected chi connectivity index (χ1v) is 18.8. The van der Waals surface area contributed by atoms with E-state index in [4.69, 9.17) is 9.41 Å². The standard InChI is InChI=1S/C45H29N3OS2/c1-2-9-26(10-3-1)43-46-44(28-19-22-41-36(24-28)33-12-5-6-15-39(33)50-41)48-45(47-43)29-17-20-31-35-23-27(18-21-37(35)49-38(31)25-29)30-13-8-14-34-32-11-4-7-16-40(32)51-42(30)34/h1-25,44-45,48H,(H,46,47). The lowest BCUT2D eigenvalue weighted by molar-refractivity contribution is 0.409. The lowest BCUT2D eigenvalue weighted by Gasteiger charge is -2.32. The van der Waals surface area contributed by atoms with Crippen molar-refractivity contribution in [3.05, 3.63) is 168 Å². The minimum atomic E-state index is -0.236. The average Bonchev–Trinajstić information content (AvgIpc) is 3.88. The van der Waals surface area contributed by atoms with Gasteiger partial charge in [-0.25, -0.2) is 4.99 Å². The molecule has 1 aliphatic heterocycles. The SMILES string of the molecule is c1ccc(C2=NC(c3ccc4sc5ccccc5c4c3)NC(c3ccc4c(c3)oc3ccc(-c5cccc6c5sc5ccccc56)cc34)N2)cc1. The zero-order valence-corrected chi connectivity index (χ0v) is 28.9. The highest BCUT2D eigenvalue weighted by Crippen LogP contribution is 2.42. The molecule has 3 aromatic heterocycles. The van der Waals surface area contributed by atoms with Crippen LogP contribution >= 0.6 is 22.7 Å². The summed E-state index contributed by atoms with van der Waals surface area (Å²) in [6.07, 6.45) is -0.420. The summed E-state index contributed by atoms with van der Waals surface area (Å²) in [7, 11) is 0. The molecule has 10 aromatic rings. The second-order valence-electron chi connectivity index (χ2n) is 13.2. The Hall–Kier alpha value is -5.79. The number of furan rings is 1. The number of amidine groups is 1. The molecule has 0 bridgehead atoms. The van der Waals surface area contributed by atoms with Crippen LogP contribution in [0.4, 0.5) is 0 Å². The molecule has 0 aliphatic carbocycles. The van der Waals surface area contributed by atoms with Crippen molar-refractivity contribution in [3.63, 3.8) is 0 Å². The summed E-state index contributed by atoms with van der Waals surface area (Å²) >= 11 is 3.70. The summed E-state index contributed by atoms with van der Waals surface area (Å²) in [6.45, 7) is 0. The summed E-state index contributed by atoms with van der Waals surface area (Å²) < 4.78 is 11.8. The minimum Gasteiger partial charge on any atom is -0.456 e. The van der Waals surface area contributed by atoms with Gasteiger partial charge >= 0.3 is 0 Å². The number of nitrogens with zero attached hydrogens (tertiary/aromatic N) is 1. The number of hydrogen-bond donors (Lipinski definition) is 2. The van der Waals surface area contributed by atoms with Crippen LogP contribution in [0.15, 0.2) is 161 Å². The Labute approximate surface area is 301 Å². The van der Waals surface area contributed by atoms with Gasteiger partial charge < -0.3 is 9.73 Å². The largest absolute Gasteiger partial charge is 0.456 e. The van der Waals surface area contributed by atoms with Gasteiger partial charge in [0.05, 0.1) is 0 Å². The van der Waals surface area contributed by atoms with Crippen molar-refractivity contribution in [1.82, 2.24) is 10.6 Å². The van der Waals surface area contributed by atoms with E-state index >= 15 is 0 Å². The third kappa shape index (κ3) is 4.72. The van der Waals surface area contributed by atoms with E-state index in [0.29, 0.717) is 0 Å². The molecule has 0 radical (unpaired) electrons. The van der Waals surface area contributed by atoms with Crippen LogP contribution in [0.25, 0.3) is 73.4 Å². The van der Waals surface area contributed by atoms with Gasteiger partial charge in [0.25, 0.3) is 0 Å². The van der Waals surface area contributed by atoms with E-state index in [1.54, 1.807) is 0 Å². The predicted molar refractivity (Wildman–Crippen MR) is 216 cm³/mol. The number of hydrogen-bond acceptors (Lipinski definition) is 6. The van der Waals surface area contributed by atoms with E-state index in [9.17, 15) is 0 Å².